The van der Waals surface area contributed by atoms with Gasteiger partial charge in [0.2, 0.25) is 0 Å². The highest BCUT2D eigenvalue weighted by Crippen LogP contribution is 2.08. The van der Waals surface area contributed by atoms with E-state index in [1.807, 2.05) is 0 Å². The van der Waals surface area contributed by atoms with Gasteiger partial charge in [-0.25, -0.2) is 19.4 Å². The number of amides is 1. The molecule has 0 aliphatic rings. The second-order valence-corrected chi connectivity index (χ2v) is 5.50. The Morgan fingerprint density at radius 1 is 1.00 bits per heavy atom. The molecule has 1 N–H and O–H groups in total. The highest BCUT2D eigenvalue weighted by molar-refractivity contribution is 6.46. The Morgan fingerprint density at radius 2 is 1.50 bits per heavy atom. The zero-order valence-electron chi connectivity index (χ0n) is 14.8. The molecule has 1 amide bonds. The summed E-state index contributed by atoms with van der Waals surface area (Å²) in [6.45, 7) is 8.10. The number of carbonyl (C=O) groups excluding carboxylic acids is 4. The van der Waals surface area contributed by atoms with Gasteiger partial charge in [0.25, 0.3) is 5.78 Å². The van der Waals surface area contributed by atoms with Crippen LogP contribution in [0.5, 0.6) is 0 Å². The van der Waals surface area contributed by atoms with Crippen LogP contribution in [0.3, 0.4) is 0 Å². The molecule has 0 rings (SSSR count). The quantitative estimate of drug-likeness (QED) is 0.138. The number of ether oxygens (including phenoxy) is 3. The molecule has 0 heterocycles. The van der Waals surface area contributed by atoms with E-state index in [1.54, 1.807) is 27.7 Å². The van der Waals surface area contributed by atoms with Gasteiger partial charge >= 0.3 is 18.0 Å². The third-order valence-corrected chi connectivity index (χ3v) is 2.27. The van der Waals surface area contributed by atoms with E-state index in [9.17, 15) is 19.2 Å². The van der Waals surface area contributed by atoms with Crippen molar-refractivity contribution in [1.82, 2.24) is 10.4 Å². The molecule has 0 saturated carbocycles. The smallest absolute Gasteiger partial charge is 0.428 e. The first-order valence-electron chi connectivity index (χ1n) is 7.35. The van der Waals surface area contributed by atoms with Crippen LogP contribution >= 0.6 is 0 Å². The molecule has 0 aromatic rings. The molecule has 0 aliphatic heterocycles. The highest BCUT2D eigenvalue weighted by atomic mass is 16.6. The van der Waals surface area contributed by atoms with Gasteiger partial charge < -0.3 is 14.2 Å². The van der Waals surface area contributed by atoms with Crippen LogP contribution in [0.15, 0.2) is 11.8 Å². The Morgan fingerprint density at radius 3 is 1.96 bits per heavy atom. The number of esters is 2. The number of hydrogen-bond acceptors (Lipinski definition) is 8. The SMILES string of the molecule is CCOC(=O)C(=O)C(=CNN(C)C(=O)OC(C)(C)C)C(=O)OCC. The third kappa shape index (κ3) is 7.61. The normalized spacial score (nSPS) is 11.3. The van der Waals surface area contributed by atoms with Crippen molar-refractivity contribution in [2.45, 2.75) is 40.2 Å². The Kier molecular flexibility index (Phi) is 8.51. The van der Waals surface area contributed by atoms with Gasteiger partial charge in [0.15, 0.2) is 0 Å². The van der Waals surface area contributed by atoms with Crippen molar-refractivity contribution in [3.63, 3.8) is 0 Å². The first-order valence-corrected chi connectivity index (χ1v) is 7.35. The van der Waals surface area contributed by atoms with Crippen LogP contribution in [0.4, 0.5) is 4.79 Å². The zero-order chi connectivity index (χ0) is 18.9. The maximum absolute atomic E-state index is 11.9. The lowest BCUT2D eigenvalue weighted by atomic mass is 10.2. The number of carbonyl (C=O) groups is 4. The second kappa shape index (κ2) is 9.53. The summed E-state index contributed by atoms with van der Waals surface area (Å²) in [4.78, 5) is 47.1. The molecule has 0 aromatic carbocycles. The van der Waals surface area contributed by atoms with Gasteiger partial charge in [-0.3, -0.25) is 10.2 Å². The molecule has 0 aliphatic carbocycles. The van der Waals surface area contributed by atoms with Gasteiger partial charge in [-0.15, -0.1) is 0 Å². The van der Waals surface area contributed by atoms with Crippen molar-refractivity contribution in [3.05, 3.63) is 11.8 Å². The van der Waals surface area contributed by atoms with Crippen molar-refractivity contribution >= 4 is 23.8 Å². The Labute approximate surface area is 140 Å². The van der Waals surface area contributed by atoms with Crippen LogP contribution in [-0.2, 0) is 28.6 Å². The molecule has 0 bridgehead atoms. The summed E-state index contributed by atoms with van der Waals surface area (Å²) >= 11 is 0. The number of rotatable bonds is 7. The standard InChI is InChI=1S/C15H24N2O7/c1-7-22-12(19)10(11(18)13(20)23-8-2)9-16-17(6)14(21)24-15(3,4)5/h9,16H,7-8H2,1-6H3. The third-order valence-electron chi connectivity index (χ3n) is 2.27. The highest BCUT2D eigenvalue weighted by Gasteiger charge is 2.28. The van der Waals surface area contributed by atoms with Crippen molar-refractivity contribution in [2.24, 2.45) is 0 Å². The molecule has 0 saturated heterocycles. The summed E-state index contributed by atoms with van der Waals surface area (Å²) in [6, 6.07) is 0. The van der Waals surface area contributed by atoms with Crippen LogP contribution < -0.4 is 5.43 Å². The van der Waals surface area contributed by atoms with Crippen LogP contribution in [0.1, 0.15) is 34.6 Å². The topological polar surface area (TPSA) is 111 Å². The summed E-state index contributed by atoms with van der Waals surface area (Å²) in [6.07, 6.45) is 0.145. The average Bonchev–Trinajstić information content (AvgIpc) is 2.45. The molecule has 0 atom stereocenters. The monoisotopic (exact) mass is 344 g/mol. The number of ketones is 1. The molecule has 0 fully saturated rings. The van der Waals surface area contributed by atoms with Crippen LogP contribution in [0.2, 0.25) is 0 Å². The lowest BCUT2D eigenvalue weighted by molar-refractivity contribution is -0.154. The van der Waals surface area contributed by atoms with Gasteiger partial charge in [0, 0.05) is 13.2 Å². The first kappa shape index (κ1) is 21.4. The minimum absolute atomic E-state index is 0.00812. The number of nitrogens with zero attached hydrogens (tertiary/aromatic N) is 1. The van der Waals surface area contributed by atoms with Crippen LogP contribution in [0, 0.1) is 0 Å². The average molecular weight is 344 g/mol. The number of hydrazine groups is 1. The molecule has 136 valence electrons. The maximum atomic E-state index is 11.9. The molecule has 9 heteroatoms. The predicted octanol–water partition coefficient (Wildman–Crippen LogP) is 0.937. The lowest BCUT2D eigenvalue weighted by Crippen LogP contribution is -2.41. The zero-order valence-corrected chi connectivity index (χ0v) is 14.8. The summed E-state index contributed by atoms with van der Waals surface area (Å²) in [5.41, 5.74) is 1.08. The van der Waals surface area contributed by atoms with E-state index in [2.05, 4.69) is 10.2 Å². The molecule has 0 unspecified atom stereocenters. The minimum Gasteiger partial charge on any atom is -0.462 e. The fraction of sp³-hybridized carbons (Fsp3) is 0.600. The van der Waals surface area contributed by atoms with Crippen molar-refractivity contribution in [2.75, 3.05) is 20.3 Å². The van der Waals surface area contributed by atoms with E-state index >= 15 is 0 Å². The van der Waals surface area contributed by atoms with Crippen molar-refractivity contribution in [3.8, 4) is 0 Å². The molecular formula is C15H24N2O7. The minimum atomic E-state index is -1.20. The summed E-state index contributed by atoms with van der Waals surface area (Å²) in [7, 11) is 1.32. The van der Waals surface area contributed by atoms with Crippen LogP contribution in [0.25, 0.3) is 0 Å². The number of nitrogens with one attached hydrogen (secondary N) is 1. The summed E-state index contributed by atoms with van der Waals surface area (Å²) < 4.78 is 14.4. The Hall–Kier alpha value is -2.58. The van der Waals surface area contributed by atoms with Gasteiger partial charge in [-0.2, -0.15) is 0 Å². The fourth-order valence-corrected chi connectivity index (χ4v) is 1.28. The van der Waals surface area contributed by atoms with Crippen LogP contribution in [-0.4, -0.2) is 54.7 Å². The number of Topliss-reactive ketones (excluding diaryl/α,β-unsaturated/α-hetero) is 1. The molecule has 9 nitrogen and oxygen atoms in total. The van der Waals surface area contributed by atoms with Gasteiger partial charge in [-0.05, 0) is 34.6 Å². The molecule has 24 heavy (non-hydrogen) atoms. The molecule has 0 radical (unpaired) electrons. The van der Waals surface area contributed by atoms with E-state index in [0.717, 1.165) is 11.2 Å². The van der Waals surface area contributed by atoms with Gasteiger partial charge in [0.05, 0.1) is 13.2 Å². The van der Waals surface area contributed by atoms with E-state index in [0.29, 0.717) is 0 Å². The van der Waals surface area contributed by atoms with Gasteiger partial charge in [0.1, 0.15) is 11.2 Å². The predicted molar refractivity (Wildman–Crippen MR) is 83.5 cm³/mol. The molecule has 0 aromatic heterocycles. The molecular weight excluding hydrogens is 320 g/mol. The van der Waals surface area contributed by atoms with Gasteiger partial charge in [-0.1, -0.05) is 0 Å². The van der Waals surface area contributed by atoms with E-state index in [4.69, 9.17) is 9.47 Å². The summed E-state index contributed by atoms with van der Waals surface area (Å²) in [5.74, 6) is -3.39. The van der Waals surface area contributed by atoms with Crippen molar-refractivity contribution in [1.29, 1.82) is 0 Å². The number of hydrogen-bond donors (Lipinski definition) is 1. The first-order chi connectivity index (χ1) is 11.0. The lowest BCUT2D eigenvalue weighted by Gasteiger charge is -2.24. The van der Waals surface area contributed by atoms with E-state index in [1.165, 1.54) is 14.0 Å². The van der Waals surface area contributed by atoms with E-state index < -0.39 is 35.0 Å². The maximum Gasteiger partial charge on any atom is 0.428 e. The second-order valence-electron chi connectivity index (χ2n) is 5.50. The summed E-state index contributed by atoms with van der Waals surface area (Å²) in [5, 5.41) is 0.906. The largest absolute Gasteiger partial charge is 0.462 e. The Bertz CT molecular complexity index is 520. The van der Waals surface area contributed by atoms with Crippen molar-refractivity contribution < 1.29 is 33.4 Å². The molecule has 0 spiro atoms. The Balaban J connectivity index is 5.18. The fourth-order valence-electron chi connectivity index (χ4n) is 1.28. The van der Waals surface area contributed by atoms with E-state index in [-0.39, 0.29) is 13.2 Å².